The SMILES string of the molecule is N#CCN1CCN(C(=O)c2cccc3cccnc23)CC1. The van der Waals surface area contributed by atoms with E-state index < -0.39 is 0 Å². The fourth-order valence-electron chi connectivity index (χ4n) is 2.66. The summed E-state index contributed by atoms with van der Waals surface area (Å²) in [5.41, 5.74) is 1.41. The minimum atomic E-state index is 0.0240. The van der Waals surface area contributed by atoms with Gasteiger partial charge in [0.15, 0.2) is 0 Å². The van der Waals surface area contributed by atoms with Gasteiger partial charge in [-0.3, -0.25) is 14.7 Å². The number of nitrogens with zero attached hydrogens (tertiary/aromatic N) is 4. The van der Waals surface area contributed by atoms with Gasteiger partial charge in [0.2, 0.25) is 0 Å². The van der Waals surface area contributed by atoms with E-state index in [0.717, 1.165) is 24.0 Å². The molecule has 0 N–H and O–H groups in total. The molecule has 5 heteroatoms. The second-order valence-electron chi connectivity index (χ2n) is 5.11. The molecular formula is C16H16N4O. The van der Waals surface area contributed by atoms with Crippen LogP contribution in [0.1, 0.15) is 10.4 Å². The van der Waals surface area contributed by atoms with Gasteiger partial charge >= 0.3 is 0 Å². The van der Waals surface area contributed by atoms with Crippen LogP contribution < -0.4 is 0 Å². The predicted octanol–water partition coefficient (Wildman–Crippen LogP) is 1.52. The zero-order chi connectivity index (χ0) is 14.7. The first-order valence-corrected chi connectivity index (χ1v) is 7.02. The van der Waals surface area contributed by atoms with Crippen molar-refractivity contribution in [2.75, 3.05) is 32.7 Å². The van der Waals surface area contributed by atoms with Crippen molar-refractivity contribution in [3.8, 4) is 6.07 Å². The van der Waals surface area contributed by atoms with Gasteiger partial charge in [0, 0.05) is 37.8 Å². The second-order valence-corrected chi connectivity index (χ2v) is 5.11. The van der Waals surface area contributed by atoms with Crippen LogP contribution in [0.25, 0.3) is 10.9 Å². The van der Waals surface area contributed by atoms with E-state index in [1.807, 2.05) is 35.2 Å². The molecule has 0 spiro atoms. The summed E-state index contributed by atoms with van der Waals surface area (Å²) >= 11 is 0. The number of rotatable bonds is 2. The van der Waals surface area contributed by atoms with Crippen molar-refractivity contribution in [2.24, 2.45) is 0 Å². The Bertz CT molecular complexity index is 693. The summed E-state index contributed by atoms with van der Waals surface area (Å²) in [6.45, 7) is 3.24. The van der Waals surface area contributed by atoms with Crippen LogP contribution in [0.4, 0.5) is 0 Å². The molecule has 1 aliphatic rings. The Hall–Kier alpha value is -2.45. The minimum absolute atomic E-state index is 0.0240. The van der Waals surface area contributed by atoms with Crippen LogP contribution >= 0.6 is 0 Å². The van der Waals surface area contributed by atoms with Crippen LogP contribution in [0.2, 0.25) is 0 Å². The topological polar surface area (TPSA) is 60.2 Å². The van der Waals surface area contributed by atoms with E-state index in [-0.39, 0.29) is 5.91 Å². The summed E-state index contributed by atoms with van der Waals surface area (Å²) in [4.78, 5) is 20.9. The number of fused-ring (bicyclic) bond motifs is 1. The van der Waals surface area contributed by atoms with Crippen molar-refractivity contribution < 1.29 is 4.79 Å². The molecule has 0 unspecified atom stereocenters. The summed E-state index contributed by atoms with van der Waals surface area (Å²) in [6, 6.07) is 11.7. The highest BCUT2D eigenvalue weighted by atomic mass is 16.2. The zero-order valence-corrected chi connectivity index (χ0v) is 11.7. The first-order chi connectivity index (χ1) is 10.3. The van der Waals surface area contributed by atoms with Gasteiger partial charge < -0.3 is 4.90 Å². The molecule has 1 amide bonds. The van der Waals surface area contributed by atoms with Crippen molar-refractivity contribution >= 4 is 16.8 Å². The molecule has 0 saturated carbocycles. The molecule has 2 aromatic rings. The first-order valence-electron chi connectivity index (χ1n) is 7.02. The van der Waals surface area contributed by atoms with Crippen molar-refractivity contribution in [1.82, 2.24) is 14.8 Å². The van der Waals surface area contributed by atoms with Gasteiger partial charge in [-0.2, -0.15) is 5.26 Å². The van der Waals surface area contributed by atoms with Crippen molar-refractivity contribution in [3.63, 3.8) is 0 Å². The number of hydrogen-bond acceptors (Lipinski definition) is 4. The van der Waals surface area contributed by atoms with E-state index in [4.69, 9.17) is 5.26 Å². The van der Waals surface area contributed by atoms with Crippen molar-refractivity contribution in [1.29, 1.82) is 5.26 Å². The van der Waals surface area contributed by atoms with Gasteiger partial charge in [-0.15, -0.1) is 0 Å². The van der Waals surface area contributed by atoms with Gasteiger partial charge in [-0.25, -0.2) is 0 Å². The Morgan fingerprint density at radius 3 is 2.71 bits per heavy atom. The minimum Gasteiger partial charge on any atom is -0.336 e. The molecule has 2 heterocycles. The van der Waals surface area contributed by atoms with Gasteiger partial charge in [0.1, 0.15) is 0 Å². The quantitative estimate of drug-likeness (QED) is 0.782. The third-order valence-electron chi connectivity index (χ3n) is 3.82. The number of aromatic nitrogens is 1. The summed E-state index contributed by atoms with van der Waals surface area (Å²) in [5.74, 6) is 0.0240. The van der Waals surface area contributed by atoms with E-state index >= 15 is 0 Å². The van der Waals surface area contributed by atoms with Crippen LogP contribution in [0, 0.1) is 11.3 Å². The molecule has 0 radical (unpaired) electrons. The molecule has 21 heavy (non-hydrogen) atoms. The summed E-state index contributed by atoms with van der Waals surface area (Å²) < 4.78 is 0. The molecule has 0 atom stereocenters. The third-order valence-corrected chi connectivity index (χ3v) is 3.82. The average molecular weight is 280 g/mol. The van der Waals surface area contributed by atoms with E-state index in [1.165, 1.54) is 0 Å². The molecule has 1 aliphatic heterocycles. The largest absolute Gasteiger partial charge is 0.336 e. The lowest BCUT2D eigenvalue weighted by atomic mass is 10.1. The molecule has 1 saturated heterocycles. The molecule has 106 valence electrons. The van der Waals surface area contributed by atoms with E-state index in [9.17, 15) is 4.79 Å². The second kappa shape index (κ2) is 5.90. The predicted molar refractivity (Wildman–Crippen MR) is 79.7 cm³/mol. The molecule has 1 fully saturated rings. The molecule has 1 aromatic carbocycles. The number of carbonyl (C=O) groups is 1. The Labute approximate surface area is 123 Å². The fraction of sp³-hybridized carbons (Fsp3) is 0.312. The number of pyridine rings is 1. The maximum Gasteiger partial charge on any atom is 0.256 e. The Morgan fingerprint density at radius 2 is 1.95 bits per heavy atom. The summed E-state index contributed by atoms with van der Waals surface area (Å²) in [6.07, 6.45) is 1.71. The number of nitriles is 1. The molecule has 1 aromatic heterocycles. The Kier molecular flexibility index (Phi) is 3.80. The summed E-state index contributed by atoms with van der Waals surface area (Å²) in [7, 11) is 0. The molecule has 3 rings (SSSR count). The molecule has 0 bridgehead atoms. The van der Waals surface area contributed by atoms with E-state index in [1.54, 1.807) is 6.20 Å². The maximum atomic E-state index is 12.7. The number of amides is 1. The number of hydrogen-bond donors (Lipinski definition) is 0. The van der Waals surface area contributed by atoms with Crippen LogP contribution in [0.15, 0.2) is 36.5 Å². The van der Waals surface area contributed by atoms with Gasteiger partial charge in [0.05, 0.1) is 23.7 Å². The van der Waals surface area contributed by atoms with Crippen molar-refractivity contribution in [2.45, 2.75) is 0 Å². The van der Waals surface area contributed by atoms with E-state index in [2.05, 4.69) is 16.0 Å². The van der Waals surface area contributed by atoms with Crippen LogP contribution in [0.3, 0.4) is 0 Å². The van der Waals surface area contributed by atoms with Gasteiger partial charge in [-0.05, 0) is 12.1 Å². The van der Waals surface area contributed by atoms with E-state index in [0.29, 0.717) is 25.2 Å². The smallest absolute Gasteiger partial charge is 0.256 e. The highest BCUT2D eigenvalue weighted by Crippen LogP contribution is 2.18. The van der Waals surface area contributed by atoms with Crippen molar-refractivity contribution in [3.05, 3.63) is 42.1 Å². The Balaban J connectivity index is 1.81. The number of para-hydroxylation sites is 1. The first kappa shape index (κ1) is 13.5. The maximum absolute atomic E-state index is 12.7. The van der Waals surface area contributed by atoms with Crippen LogP contribution in [0.5, 0.6) is 0 Å². The number of piperazine rings is 1. The third kappa shape index (κ3) is 2.71. The normalized spacial score (nSPS) is 15.9. The molecule has 0 aliphatic carbocycles. The Morgan fingerprint density at radius 1 is 1.19 bits per heavy atom. The average Bonchev–Trinajstić information content (AvgIpc) is 2.55. The fourth-order valence-corrected chi connectivity index (χ4v) is 2.66. The summed E-state index contributed by atoms with van der Waals surface area (Å²) in [5, 5.41) is 9.69. The highest BCUT2D eigenvalue weighted by molar-refractivity contribution is 6.05. The molecular weight excluding hydrogens is 264 g/mol. The van der Waals surface area contributed by atoms with Gasteiger partial charge in [0.25, 0.3) is 5.91 Å². The van der Waals surface area contributed by atoms with Crippen LogP contribution in [-0.2, 0) is 0 Å². The number of carbonyl (C=O) groups excluding carboxylic acids is 1. The highest BCUT2D eigenvalue weighted by Gasteiger charge is 2.23. The molecule has 5 nitrogen and oxygen atoms in total. The zero-order valence-electron chi connectivity index (χ0n) is 11.7. The lowest BCUT2D eigenvalue weighted by molar-refractivity contribution is 0.0653. The monoisotopic (exact) mass is 280 g/mol. The standard InChI is InChI=1S/C16H16N4O/c17-6-8-19-9-11-20(12-10-19)16(21)14-5-1-3-13-4-2-7-18-15(13)14/h1-5,7H,8-12H2. The number of benzene rings is 1. The lowest BCUT2D eigenvalue weighted by Gasteiger charge is -2.33. The lowest BCUT2D eigenvalue weighted by Crippen LogP contribution is -2.48. The van der Waals surface area contributed by atoms with Crippen LogP contribution in [-0.4, -0.2) is 53.4 Å². The van der Waals surface area contributed by atoms with Gasteiger partial charge in [-0.1, -0.05) is 18.2 Å².